The molecule has 20 heavy (non-hydrogen) atoms. The molecule has 3 rings (SSSR count). The molecule has 0 aliphatic rings. The minimum Gasteiger partial charge on any atom is -0.378 e. The molecule has 1 N–H and O–H groups in total. The number of nitrogens with one attached hydrogen (secondary N) is 1. The first-order valence-corrected chi connectivity index (χ1v) is 6.96. The highest BCUT2D eigenvalue weighted by atomic mass is 15.1. The largest absolute Gasteiger partial charge is 0.378 e. The van der Waals surface area contributed by atoms with Gasteiger partial charge in [-0.05, 0) is 30.7 Å². The van der Waals surface area contributed by atoms with Crippen LogP contribution in [0.25, 0.3) is 11.0 Å². The van der Waals surface area contributed by atoms with Crippen LogP contribution in [0, 0.1) is 0 Å². The average molecular weight is 266 g/mol. The molecule has 0 bridgehead atoms. The fraction of sp³-hybridized carbons (Fsp3) is 0.250. The van der Waals surface area contributed by atoms with Crippen molar-refractivity contribution in [3.05, 3.63) is 54.6 Å². The van der Waals surface area contributed by atoms with Crippen molar-refractivity contribution in [3.63, 3.8) is 0 Å². The van der Waals surface area contributed by atoms with Crippen molar-refractivity contribution in [1.82, 2.24) is 14.5 Å². The van der Waals surface area contributed by atoms with E-state index < -0.39 is 0 Å². The number of nitrogens with zero attached hydrogens (tertiary/aromatic N) is 3. The maximum absolute atomic E-state index is 4.73. The molecule has 3 aromatic rings. The fourth-order valence-corrected chi connectivity index (χ4v) is 2.38. The van der Waals surface area contributed by atoms with Crippen LogP contribution in [0.5, 0.6) is 0 Å². The lowest BCUT2D eigenvalue weighted by Crippen LogP contribution is -2.08. The number of hydrogen-bond acceptors (Lipinski definition) is 3. The average Bonchev–Trinajstić information content (AvgIpc) is 2.85. The number of hydrogen-bond donors (Lipinski definition) is 1. The quantitative estimate of drug-likeness (QED) is 0.769. The normalized spacial score (nSPS) is 10.8. The summed E-state index contributed by atoms with van der Waals surface area (Å²) in [6.07, 6.45) is 4.68. The summed E-state index contributed by atoms with van der Waals surface area (Å²) in [5.41, 5.74) is 3.34. The molecule has 2 aromatic heterocycles. The molecule has 2 heterocycles. The summed E-state index contributed by atoms with van der Waals surface area (Å²) >= 11 is 0. The van der Waals surface area contributed by atoms with Gasteiger partial charge in [-0.15, -0.1) is 0 Å². The van der Waals surface area contributed by atoms with Gasteiger partial charge < -0.3 is 9.88 Å². The first-order chi connectivity index (χ1) is 9.88. The Hall–Kier alpha value is -2.36. The number of para-hydroxylation sites is 2. The molecule has 102 valence electrons. The summed E-state index contributed by atoms with van der Waals surface area (Å²) in [4.78, 5) is 8.75. The topological polar surface area (TPSA) is 42.7 Å². The van der Waals surface area contributed by atoms with Gasteiger partial charge in [-0.1, -0.05) is 19.1 Å². The van der Waals surface area contributed by atoms with Gasteiger partial charge in [0.05, 0.1) is 17.6 Å². The summed E-state index contributed by atoms with van der Waals surface area (Å²) in [5, 5.41) is 3.40. The predicted octanol–water partition coefficient (Wildman–Crippen LogP) is 3.45. The van der Waals surface area contributed by atoms with Crippen LogP contribution in [-0.2, 0) is 13.1 Å². The van der Waals surface area contributed by atoms with Gasteiger partial charge in [-0.3, -0.25) is 4.98 Å². The summed E-state index contributed by atoms with van der Waals surface area (Å²) in [6, 6.07) is 12.2. The molecule has 0 aliphatic carbocycles. The second-order valence-electron chi connectivity index (χ2n) is 4.76. The van der Waals surface area contributed by atoms with Crippen LogP contribution in [0.2, 0.25) is 0 Å². The zero-order valence-electron chi connectivity index (χ0n) is 11.6. The predicted molar refractivity (Wildman–Crippen MR) is 81.6 cm³/mol. The molecule has 0 saturated carbocycles. The fourth-order valence-electron chi connectivity index (χ4n) is 2.38. The van der Waals surface area contributed by atoms with E-state index in [0.717, 1.165) is 36.5 Å². The third-order valence-corrected chi connectivity index (χ3v) is 3.31. The molecule has 0 spiro atoms. The van der Waals surface area contributed by atoms with Crippen LogP contribution in [-0.4, -0.2) is 14.5 Å². The number of rotatable bonds is 5. The Morgan fingerprint density at radius 1 is 1.10 bits per heavy atom. The number of aromatic nitrogens is 3. The van der Waals surface area contributed by atoms with Crippen molar-refractivity contribution in [1.29, 1.82) is 0 Å². The van der Waals surface area contributed by atoms with Crippen LogP contribution in [0.15, 0.2) is 48.8 Å². The van der Waals surface area contributed by atoms with Gasteiger partial charge in [0.25, 0.3) is 0 Å². The Labute approximate surface area is 118 Å². The third kappa shape index (κ3) is 2.50. The number of imidazole rings is 1. The number of anilines is 1. The number of aryl methyl sites for hydroxylation is 1. The smallest absolute Gasteiger partial charge is 0.129 e. The highest BCUT2D eigenvalue weighted by Crippen LogP contribution is 2.17. The standard InChI is InChI=1S/C16H18N4/c1-2-11-20-15-6-4-3-5-14(15)19-16(20)12-18-13-7-9-17-10-8-13/h3-10H,2,11-12H2,1H3,(H,17,18). The molecule has 0 saturated heterocycles. The van der Waals surface area contributed by atoms with Gasteiger partial charge in [0.15, 0.2) is 0 Å². The molecular weight excluding hydrogens is 248 g/mol. The third-order valence-electron chi connectivity index (χ3n) is 3.31. The maximum Gasteiger partial charge on any atom is 0.129 e. The Morgan fingerprint density at radius 2 is 1.90 bits per heavy atom. The monoisotopic (exact) mass is 266 g/mol. The summed E-state index contributed by atoms with van der Waals surface area (Å²) in [7, 11) is 0. The molecule has 0 amide bonds. The number of fused-ring (bicyclic) bond motifs is 1. The van der Waals surface area contributed by atoms with E-state index in [-0.39, 0.29) is 0 Å². The van der Waals surface area contributed by atoms with Gasteiger partial charge >= 0.3 is 0 Å². The van der Waals surface area contributed by atoms with Crippen LogP contribution in [0.4, 0.5) is 5.69 Å². The van der Waals surface area contributed by atoms with Gasteiger partial charge in [0, 0.05) is 24.6 Å². The van der Waals surface area contributed by atoms with Crippen LogP contribution in [0.1, 0.15) is 19.2 Å². The van der Waals surface area contributed by atoms with Gasteiger partial charge in [0.2, 0.25) is 0 Å². The number of pyridine rings is 1. The first kappa shape index (κ1) is 12.7. The van der Waals surface area contributed by atoms with E-state index in [2.05, 4.69) is 40.0 Å². The maximum atomic E-state index is 4.73. The second kappa shape index (κ2) is 5.74. The molecule has 0 atom stereocenters. The van der Waals surface area contributed by atoms with Gasteiger partial charge in [0.1, 0.15) is 5.82 Å². The van der Waals surface area contributed by atoms with Crippen molar-refractivity contribution < 1.29 is 0 Å². The summed E-state index contributed by atoms with van der Waals surface area (Å²) < 4.78 is 2.30. The lowest BCUT2D eigenvalue weighted by atomic mass is 10.3. The second-order valence-corrected chi connectivity index (χ2v) is 4.76. The molecule has 0 aliphatic heterocycles. The van der Waals surface area contributed by atoms with Crippen molar-refractivity contribution in [3.8, 4) is 0 Å². The van der Waals surface area contributed by atoms with E-state index in [4.69, 9.17) is 4.98 Å². The molecular formula is C16H18N4. The van der Waals surface area contributed by atoms with E-state index in [0.29, 0.717) is 0 Å². The highest BCUT2D eigenvalue weighted by molar-refractivity contribution is 5.76. The summed E-state index contributed by atoms with van der Waals surface area (Å²) in [5.74, 6) is 1.07. The minimum absolute atomic E-state index is 0.721. The van der Waals surface area contributed by atoms with E-state index in [1.807, 2.05) is 18.2 Å². The van der Waals surface area contributed by atoms with Crippen LogP contribution >= 0.6 is 0 Å². The van der Waals surface area contributed by atoms with Crippen molar-refractivity contribution >= 4 is 16.7 Å². The molecule has 0 fully saturated rings. The lowest BCUT2D eigenvalue weighted by Gasteiger charge is -2.09. The van der Waals surface area contributed by atoms with Gasteiger partial charge in [-0.2, -0.15) is 0 Å². The zero-order valence-corrected chi connectivity index (χ0v) is 11.6. The SMILES string of the molecule is CCCn1c(CNc2ccncc2)nc2ccccc21. The molecule has 4 nitrogen and oxygen atoms in total. The zero-order chi connectivity index (χ0) is 13.8. The van der Waals surface area contributed by atoms with Crippen molar-refractivity contribution in [2.24, 2.45) is 0 Å². The van der Waals surface area contributed by atoms with E-state index >= 15 is 0 Å². The highest BCUT2D eigenvalue weighted by Gasteiger charge is 2.09. The summed E-state index contributed by atoms with van der Waals surface area (Å²) in [6.45, 7) is 3.90. The van der Waals surface area contributed by atoms with E-state index in [1.54, 1.807) is 12.4 Å². The first-order valence-electron chi connectivity index (χ1n) is 6.96. The van der Waals surface area contributed by atoms with Crippen molar-refractivity contribution in [2.75, 3.05) is 5.32 Å². The van der Waals surface area contributed by atoms with Crippen molar-refractivity contribution in [2.45, 2.75) is 26.4 Å². The van der Waals surface area contributed by atoms with E-state index in [9.17, 15) is 0 Å². The van der Waals surface area contributed by atoms with Crippen LogP contribution < -0.4 is 5.32 Å². The lowest BCUT2D eigenvalue weighted by molar-refractivity contribution is 0.661. The minimum atomic E-state index is 0.721. The van der Waals surface area contributed by atoms with Crippen LogP contribution in [0.3, 0.4) is 0 Å². The van der Waals surface area contributed by atoms with Gasteiger partial charge in [-0.25, -0.2) is 4.98 Å². The number of benzene rings is 1. The molecule has 1 aromatic carbocycles. The Bertz CT molecular complexity index is 688. The Kier molecular flexibility index (Phi) is 3.63. The Balaban J connectivity index is 1.88. The molecule has 0 unspecified atom stereocenters. The molecule has 0 radical (unpaired) electrons. The molecule has 4 heteroatoms. The Morgan fingerprint density at radius 3 is 2.70 bits per heavy atom. The van der Waals surface area contributed by atoms with E-state index in [1.165, 1.54) is 5.52 Å².